The van der Waals surface area contributed by atoms with Gasteiger partial charge in [-0.3, -0.25) is 0 Å². The van der Waals surface area contributed by atoms with Crippen molar-refractivity contribution >= 4 is 18.2 Å². The predicted octanol–water partition coefficient (Wildman–Crippen LogP) is 4.55. The molecular formula is C20H20FNO3. The number of fused-ring (bicyclic) bond motifs is 1. The Kier molecular flexibility index (Phi) is 4.49. The zero-order chi connectivity index (χ0) is 18.0. The minimum Gasteiger partial charge on any atom is -0.492 e. The summed E-state index contributed by atoms with van der Waals surface area (Å²) < 4.78 is 24.4. The van der Waals surface area contributed by atoms with Gasteiger partial charge in [0.2, 0.25) is 0 Å². The summed E-state index contributed by atoms with van der Waals surface area (Å²) in [6.07, 6.45) is 2.44. The Morgan fingerprint density at radius 1 is 1.24 bits per heavy atom. The van der Waals surface area contributed by atoms with Crippen molar-refractivity contribution in [3.63, 3.8) is 0 Å². The summed E-state index contributed by atoms with van der Waals surface area (Å²) in [4.78, 5) is 11.2. The molecule has 0 radical (unpaired) electrons. The monoisotopic (exact) mass is 341 g/mol. The van der Waals surface area contributed by atoms with Gasteiger partial charge in [-0.15, -0.1) is 0 Å². The molecule has 1 aliphatic rings. The fourth-order valence-corrected chi connectivity index (χ4v) is 2.90. The average Bonchev–Trinajstić information content (AvgIpc) is 2.55. The van der Waals surface area contributed by atoms with Crippen molar-refractivity contribution in [3.8, 4) is 5.75 Å². The highest BCUT2D eigenvalue weighted by Crippen LogP contribution is 2.45. The number of amides is 1. The molecule has 2 aromatic carbocycles. The van der Waals surface area contributed by atoms with Gasteiger partial charge >= 0.3 is 6.09 Å². The molecule has 1 aliphatic heterocycles. The average molecular weight is 341 g/mol. The molecule has 25 heavy (non-hydrogen) atoms. The summed E-state index contributed by atoms with van der Waals surface area (Å²) in [7, 11) is 0. The molecular weight excluding hydrogens is 321 g/mol. The highest BCUT2D eigenvalue weighted by molar-refractivity contribution is 5.71. The van der Waals surface area contributed by atoms with Crippen LogP contribution >= 0.6 is 0 Å². The molecule has 2 N–H and O–H groups in total. The first kappa shape index (κ1) is 17.0. The van der Waals surface area contributed by atoms with Crippen LogP contribution in [0.2, 0.25) is 0 Å². The lowest BCUT2D eigenvalue weighted by molar-refractivity contribution is -0.0176. The maximum atomic E-state index is 13.2. The quantitative estimate of drug-likeness (QED) is 0.833. The first-order valence-corrected chi connectivity index (χ1v) is 8.02. The van der Waals surface area contributed by atoms with E-state index in [1.54, 1.807) is 6.07 Å². The van der Waals surface area contributed by atoms with Crippen LogP contribution in [0.4, 0.5) is 9.18 Å². The number of nitrogens with two attached hydrogens (primary N) is 1. The Bertz CT molecular complexity index is 829. The van der Waals surface area contributed by atoms with Crippen LogP contribution in [-0.4, -0.2) is 12.7 Å². The van der Waals surface area contributed by atoms with Crippen LogP contribution < -0.4 is 10.5 Å². The smallest absolute Gasteiger partial charge is 0.405 e. The van der Waals surface area contributed by atoms with Crippen molar-refractivity contribution in [1.29, 1.82) is 0 Å². The maximum absolute atomic E-state index is 13.2. The standard InChI is InChI=1S/C20H20FNO3/c1-20(2)12-24-17-11-14(7-6-13-4-3-5-15(21)10-13)8-9-16(17)18(20)25-19(22)23/h3-11,18H,12H2,1-2H3,(H2,22,23)/b7-6+. The molecule has 5 heteroatoms. The lowest BCUT2D eigenvalue weighted by Gasteiger charge is -2.38. The zero-order valence-corrected chi connectivity index (χ0v) is 14.2. The Labute approximate surface area is 146 Å². The summed E-state index contributed by atoms with van der Waals surface area (Å²) in [5.74, 6) is 0.386. The fraction of sp³-hybridized carbons (Fsp3) is 0.250. The third-order valence-corrected chi connectivity index (χ3v) is 4.18. The maximum Gasteiger partial charge on any atom is 0.405 e. The molecule has 0 spiro atoms. The lowest BCUT2D eigenvalue weighted by atomic mass is 9.81. The van der Waals surface area contributed by atoms with E-state index in [1.165, 1.54) is 12.1 Å². The van der Waals surface area contributed by atoms with Gasteiger partial charge in [-0.1, -0.05) is 50.3 Å². The van der Waals surface area contributed by atoms with E-state index in [0.717, 1.165) is 16.7 Å². The summed E-state index contributed by atoms with van der Waals surface area (Å²) in [6, 6.07) is 12.0. The zero-order valence-electron chi connectivity index (χ0n) is 14.2. The van der Waals surface area contributed by atoms with E-state index >= 15 is 0 Å². The minimum atomic E-state index is -0.805. The predicted molar refractivity (Wildman–Crippen MR) is 94.5 cm³/mol. The van der Waals surface area contributed by atoms with Crippen LogP contribution in [0, 0.1) is 11.2 Å². The first-order valence-electron chi connectivity index (χ1n) is 8.02. The normalized spacial score (nSPS) is 18.4. The van der Waals surface area contributed by atoms with E-state index < -0.39 is 12.2 Å². The molecule has 4 nitrogen and oxygen atoms in total. The van der Waals surface area contributed by atoms with E-state index in [-0.39, 0.29) is 11.2 Å². The summed E-state index contributed by atoms with van der Waals surface area (Å²) in [6.45, 7) is 4.33. The van der Waals surface area contributed by atoms with E-state index in [4.69, 9.17) is 15.2 Å². The molecule has 0 fully saturated rings. The van der Waals surface area contributed by atoms with Crippen LogP contribution in [0.3, 0.4) is 0 Å². The van der Waals surface area contributed by atoms with Gasteiger partial charge in [-0.25, -0.2) is 9.18 Å². The number of hydrogen-bond donors (Lipinski definition) is 1. The SMILES string of the molecule is CC1(C)COc2cc(/C=C/c3cccc(F)c3)ccc2C1OC(N)=O. The van der Waals surface area contributed by atoms with Gasteiger partial charge in [0.05, 0.1) is 6.61 Å². The van der Waals surface area contributed by atoms with Crippen molar-refractivity contribution in [2.45, 2.75) is 20.0 Å². The van der Waals surface area contributed by atoms with Crippen LogP contribution in [0.15, 0.2) is 42.5 Å². The third kappa shape index (κ3) is 3.82. The summed E-state index contributed by atoms with van der Waals surface area (Å²) in [5.41, 5.74) is 7.30. The van der Waals surface area contributed by atoms with Gasteiger partial charge in [0.1, 0.15) is 17.7 Å². The Morgan fingerprint density at radius 2 is 1.96 bits per heavy atom. The molecule has 0 bridgehead atoms. The molecule has 1 heterocycles. The number of carbonyl (C=O) groups is 1. The number of ether oxygens (including phenoxy) is 2. The van der Waals surface area contributed by atoms with Crippen molar-refractivity contribution in [2.75, 3.05) is 6.61 Å². The van der Waals surface area contributed by atoms with Gasteiger partial charge in [0, 0.05) is 11.0 Å². The third-order valence-electron chi connectivity index (χ3n) is 4.18. The Morgan fingerprint density at radius 3 is 2.64 bits per heavy atom. The van der Waals surface area contributed by atoms with E-state index in [2.05, 4.69) is 0 Å². The number of hydrogen-bond acceptors (Lipinski definition) is 3. The molecule has 1 atom stereocenters. The van der Waals surface area contributed by atoms with Crippen LogP contribution in [0.25, 0.3) is 12.2 Å². The number of benzene rings is 2. The van der Waals surface area contributed by atoms with E-state index in [1.807, 2.05) is 50.3 Å². The van der Waals surface area contributed by atoms with Gasteiger partial charge < -0.3 is 15.2 Å². The summed E-state index contributed by atoms with van der Waals surface area (Å²) in [5, 5.41) is 0. The topological polar surface area (TPSA) is 61.6 Å². The number of rotatable bonds is 3. The molecule has 1 amide bonds. The molecule has 1 unspecified atom stereocenters. The van der Waals surface area contributed by atoms with E-state index in [9.17, 15) is 9.18 Å². The number of carbonyl (C=O) groups excluding carboxylic acids is 1. The van der Waals surface area contributed by atoms with Crippen molar-refractivity contribution < 1.29 is 18.7 Å². The lowest BCUT2D eigenvalue weighted by Crippen LogP contribution is -2.37. The molecule has 0 aromatic heterocycles. The second-order valence-corrected chi connectivity index (χ2v) is 6.78. The van der Waals surface area contributed by atoms with Gasteiger partial charge in [-0.05, 0) is 29.3 Å². The van der Waals surface area contributed by atoms with Gasteiger partial charge in [0.25, 0.3) is 0 Å². The Balaban J connectivity index is 1.88. The largest absolute Gasteiger partial charge is 0.492 e. The first-order chi connectivity index (χ1) is 11.8. The second kappa shape index (κ2) is 6.59. The van der Waals surface area contributed by atoms with Crippen LogP contribution in [0.1, 0.15) is 36.6 Å². The number of halogens is 1. The molecule has 0 aliphatic carbocycles. The molecule has 130 valence electrons. The highest BCUT2D eigenvalue weighted by Gasteiger charge is 2.40. The fourth-order valence-electron chi connectivity index (χ4n) is 2.90. The van der Waals surface area contributed by atoms with Crippen LogP contribution in [-0.2, 0) is 4.74 Å². The molecule has 0 saturated carbocycles. The minimum absolute atomic E-state index is 0.274. The van der Waals surface area contributed by atoms with E-state index in [0.29, 0.717) is 12.4 Å². The summed E-state index contributed by atoms with van der Waals surface area (Å²) >= 11 is 0. The van der Waals surface area contributed by atoms with Crippen molar-refractivity contribution in [2.24, 2.45) is 11.1 Å². The number of primary amides is 1. The second-order valence-electron chi connectivity index (χ2n) is 6.78. The van der Waals surface area contributed by atoms with Gasteiger partial charge in [-0.2, -0.15) is 0 Å². The van der Waals surface area contributed by atoms with Crippen molar-refractivity contribution in [3.05, 3.63) is 65.0 Å². The molecule has 0 saturated heterocycles. The molecule has 2 aromatic rings. The molecule has 3 rings (SSSR count). The Hall–Kier alpha value is -2.82. The van der Waals surface area contributed by atoms with Crippen molar-refractivity contribution in [1.82, 2.24) is 0 Å². The van der Waals surface area contributed by atoms with Gasteiger partial charge in [0.15, 0.2) is 0 Å². The van der Waals surface area contributed by atoms with Crippen LogP contribution in [0.5, 0.6) is 5.75 Å². The highest BCUT2D eigenvalue weighted by atomic mass is 19.1.